The maximum atomic E-state index is 3.54. The summed E-state index contributed by atoms with van der Waals surface area (Å²) < 4.78 is 0. The Kier molecular flexibility index (Phi) is 5.31. The number of nitrogens with one attached hydrogen (secondary N) is 2. The molecule has 0 bridgehead atoms. The molecule has 8 rings (SSSR count). The molecule has 0 saturated carbocycles. The Labute approximate surface area is 234 Å². The highest BCUT2D eigenvalue weighted by molar-refractivity contribution is 6.18. The zero-order valence-electron chi connectivity index (χ0n) is 22.0. The maximum absolute atomic E-state index is 3.54. The lowest BCUT2D eigenvalue weighted by molar-refractivity contribution is 0.560. The second kappa shape index (κ2) is 9.29. The van der Waals surface area contributed by atoms with Gasteiger partial charge in [0.2, 0.25) is 0 Å². The molecule has 1 aliphatic carbocycles. The molecule has 2 aliphatic heterocycles. The van der Waals surface area contributed by atoms with E-state index >= 15 is 0 Å². The molecule has 190 valence electrons. The summed E-state index contributed by atoms with van der Waals surface area (Å²) in [7, 11) is 0. The number of benzene rings is 5. The molecule has 0 radical (unpaired) electrons. The lowest BCUT2D eigenvalue weighted by atomic mass is 9.93. The normalized spacial score (nSPS) is 18.2. The third kappa shape index (κ3) is 3.72. The van der Waals surface area contributed by atoms with Crippen LogP contribution in [0.3, 0.4) is 0 Å². The van der Waals surface area contributed by atoms with E-state index in [-0.39, 0.29) is 12.1 Å². The van der Waals surface area contributed by atoms with E-state index in [2.05, 4.69) is 144 Å². The van der Waals surface area contributed by atoms with Crippen LogP contribution in [0.15, 0.2) is 146 Å². The summed E-state index contributed by atoms with van der Waals surface area (Å²) in [5, 5.41) is 9.62. The average molecular weight is 513 g/mol. The van der Waals surface area contributed by atoms with Crippen LogP contribution in [0.25, 0.3) is 60.9 Å². The van der Waals surface area contributed by atoms with Crippen molar-refractivity contribution in [3.63, 3.8) is 0 Å². The molecular formula is C38H28N2. The number of dihydropyridines is 2. The number of allylic oxidation sites excluding steroid dienone is 4. The Bertz CT molecular complexity index is 1860. The minimum absolute atomic E-state index is 0.247. The van der Waals surface area contributed by atoms with E-state index in [1.54, 1.807) is 0 Å². The van der Waals surface area contributed by atoms with Crippen LogP contribution in [0.5, 0.6) is 0 Å². The van der Waals surface area contributed by atoms with Crippen LogP contribution in [0.4, 0.5) is 0 Å². The lowest BCUT2D eigenvalue weighted by Crippen LogP contribution is -2.43. The first-order valence-corrected chi connectivity index (χ1v) is 13.9. The minimum atomic E-state index is 0.247. The second-order valence-corrected chi connectivity index (χ2v) is 10.7. The molecule has 2 heterocycles. The van der Waals surface area contributed by atoms with Gasteiger partial charge in [-0.1, -0.05) is 127 Å². The first-order chi connectivity index (χ1) is 19.8. The Morgan fingerprint density at radius 3 is 1.75 bits per heavy atom. The van der Waals surface area contributed by atoms with Crippen molar-refractivity contribution >= 4 is 16.3 Å². The van der Waals surface area contributed by atoms with Crippen molar-refractivity contribution in [1.82, 2.24) is 10.6 Å². The highest BCUT2D eigenvalue weighted by Gasteiger charge is 2.22. The molecule has 2 atom stereocenters. The fourth-order valence-electron chi connectivity index (χ4n) is 6.34. The molecule has 2 nitrogen and oxygen atoms in total. The van der Waals surface area contributed by atoms with Crippen LogP contribution in [0.2, 0.25) is 0 Å². The summed E-state index contributed by atoms with van der Waals surface area (Å²) in [4.78, 5) is 0. The molecule has 5 aromatic rings. The van der Waals surface area contributed by atoms with Gasteiger partial charge in [0.1, 0.15) is 0 Å². The molecule has 2 N–H and O–H groups in total. The monoisotopic (exact) mass is 512 g/mol. The molecule has 0 saturated heterocycles. The van der Waals surface area contributed by atoms with Gasteiger partial charge < -0.3 is 10.6 Å². The van der Waals surface area contributed by atoms with Gasteiger partial charge in [-0.05, 0) is 78.7 Å². The van der Waals surface area contributed by atoms with Gasteiger partial charge in [0.15, 0.2) is 0 Å². The van der Waals surface area contributed by atoms with Crippen molar-refractivity contribution < 1.29 is 0 Å². The van der Waals surface area contributed by atoms with Crippen LogP contribution >= 0.6 is 0 Å². The summed E-state index contributed by atoms with van der Waals surface area (Å²) in [6.45, 7) is 0. The first-order valence-electron chi connectivity index (χ1n) is 13.9. The zero-order chi connectivity index (χ0) is 26.5. The van der Waals surface area contributed by atoms with Crippen LogP contribution in [-0.2, 0) is 0 Å². The molecule has 3 aliphatic rings. The lowest BCUT2D eigenvalue weighted by Gasteiger charge is -2.27. The predicted octanol–water partition coefficient (Wildman–Crippen LogP) is 8.73. The smallest absolute Gasteiger partial charge is 0.0680 e. The SMILES string of the molecule is C1=CNC(C2C=CC(c3ccc(-c4ccc(-c5ccc6c7c(cccc57)-c5ccccc5-6)cc4)cc3)=CN2)C=C1. The molecule has 2 heteroatoms. The van der Waals surface area contributed by atoms with E-state index in [0.717, 1.165) is 0 Å². The van der Waals surface area contributed by atoms with E-state index in [4.69, 9.17) is 0 Å². The second-order valence-electron chi connectivity index (χ2n) is 10.7. The van der Waals surface area contributed by atoms with Gasteiger partial charge in [0, 0.05) is 6.20 Å². The largest absolute Gasteiger partial charge is 0.382 e. The van der Waals surface area contributed by atoms with Gasteiger partial charge >= 0.3 is 0 Å². The van der Waals surface area contributed by atoms with Gasteiger partial charge in [0.25, 0.3) is 0 Å². The third-order valence-corrected chi connectivity index (χ3v) is 8.41. The maximum Gasteiger partial charge on any atom is 0.0680 e. The number of rotatable bonds is 4. The quantitative estimate of drug-likeness (QED) is 0.247. The van der Waals surface area contributed by atoms with Crippen molar-refractivity contribution in [2.45, 2.75) is 12.1 Å². The van der Waals surface area contributed by atoms with Gasteiger partial charge in [-0.15, -0.1) is 0 Å². The summed E-state index contributed by atoms with van der Waals surface area (Å²) >= 11 is 0. The van der Waals surface area contributed by atoms with Crippen molar-refractivity contribution in [2.24, 2.45) is 0 Å². The summed E-state index contributed by atoms with van der Waals surface area (Å²) in [6, 6.07) is 38.4. The summed E-state index contributed by atoms with van der Waals surface area (Å²) in [5.74, 6) is 0. The molecule has 0 amide bonds. The Balaban J connectivity index is 1.04. The minimum Gasteiger partial charge on any atom is -0.382 e. The molecule has 40 heavy (non-hydrogen) atoms. The fraction of sp³-hybridized carbons (Fsp3) is 0.0526. The van der Waals surface area contributed by atoms with E-state index in [0.29, 0.717) is 0 Å². The Hall–Kier alpha value is -5.08. The van der Waals surface area contributed by atoms with Crippen LogP contribution in [0.1, 0.15) is 5.56 Å². The topological polar surface area (TPSA) is 24.1 Å². The standard InChI is InChI=1S/C38H28N2/c1-2-7-32-31(6-1)34-9-5-8-33-30(20-21-35(32)38(33)34)28-17-15-26(16-18-28)25-11-13-27(14-12-25)29-19-22-37(40-24-29)36-10-3-4-23-39-36/h1-24,36-37,39-40H. The number of fused-ring (bicyclic) bond motifs is 3. The van der Waals surface area contributed by atoms with Crippen LogP contribution < -0.4 is 10.6 Å². The summed E-state index contributed by atoms with van der Waals surface area (Å²) in [6.07, 6.45) is 14.9. The zero-order valence-corrected chi connectivity index (χ0v) is 22.0. The van der Waals surface area contributed by atoms with Gasteiger partial charge in [-0.25, -0.2) is 0 Å². The number of hydrogen-bond donors (Lipinski definition) is 2. The van der Waals surface area contributed by atoms with E-state index < -0.39 is 0 Å². The molecular weight excluding hydrogens is 484 g/mol. The molecule has 0 aromatic heterocycles. The van der Waals surface area contributed by atoms with Crippen LogP contribution in [-0.4, -0.2) is 12.1 Å². The van der Waals surface area contributed by atoms with Gasteiger partial charge in [-0.2, -0.15) is 0 Å². The molecule has 0 spiro atoms. The van der Waals surface area contributed by atoms with Crippen molar-refractivity contribution in [3.8, 4) is 44.5 Å². The van der Waals surface area contributed by atoms with Gasteiger partial charge in [-0.3, -0.25) is 0 Å². The van der Waals surface area contributed by atoms with Gasteiger partial charge in [0.05, 0.1) is 12.1 Å². The summed E-state index contributed by atoms with van der Waals surface area (Å²) in [5.41, 5.74) is 12.7. The van der Waals surface area contributed by atoms with E-state index in [9.17, 15) is 0 Å². The highest BCUT2D eigenvalue weighted by atomic mass is 15.0. The molecule has 2 unspecified atom stereocenters. The van der Waals surface area contributed by atoms with Crippen molar-refractivity contribution in [1.29, 1.82) is 0 Å². The van der Waals surface area contributed by atoms with Crippen molar-refractivity contribution in [2.75, 3.05) is 0 Å². The Morgan fingerprint density at radius 1 is 0.450 bits per heavy atom. The first kappa shape index (κ1) is 22.9. The van der Waals surface area contributed by atoms with E-state index in [1.807, 2.05) is 12.3 Å². The van der Waals surface area contributed by atoms with E-state index in [1.165, 1.54) is 66.4 Å². The molecule has 0 fully saturated rings. The molecule has 5 aromatic carbocycles. The van der Waals surface area contributed by atoms with Crippen molar-refractivity contribution in [3.05, 3.63) is 151 Å². The average Bonchev–Trinajstić information content (AvgIpc) is 3.37. The Morgan fingerprint density at radius 2 is 1.07 bits per heavy atom. The highest BCUT2D eigenvalue weighted by Crippen LogP contribution is 2.49. The predicted molar refractivity (Wildman–Crippen MR) is 168 cm³/mol. The number of hydrogen-bond acceptors (Lipinski definition) is 2. The third-order valence-electron chi connectivity index (χ3n) is 8.41. The fourth-order valence-corrected chi connectivity index (χ4v) is 6.34. The van der Waals surface area contributed by atoms with Crippen LogP contribution in [0, 0.1) is 0 Å².